The molecule has 0 aliphatic rings. The number of alkyl halides is 5. The molecule has 6 heteroatoms. The Kier molecular flexibility index (Phi) is 3.15. The summed E-state index contributed by atoms with van der Waals surface area (Å²) in [6.07, 6.45) is 0. The summed E-state index contributed by atoms with van der Waals surface area (Å²) in [5.41, 5.74) is 0. The normalized spacial score (nSPS) is 15.2. The van der Waals surface area contributed by atoms with Gasteiger partial charge in [-0.2, -0.15) is 8.78 Å². The highest BCUT2D eigenvalue weighted by molar-refractivity contribution is 9.10. The second-order valence-electron chi connectivity index (χ2n) is 1.16. The van der Waals surface area contributed by atoms with Gasteiger partial charge < -0.3 is 0 Å². The molecule has 0 bridgehead atoms. The Hall–Kier alpha value is 0.420. The predicted molar refractivity (Wildman–Crippen MR) is 32.7 cm³/mol. The fourth-order valence-electron chi connectivity index (χ4n) is 0.124. The largest absolute Gasteiger partial charge is 0.362 e. The van der Waals surface area contributed by atoms with Crippen LogP contribution in [0, 0.1) is 0 Å². The summed E-state index contributed by atoms with van der Waals surface area (Å²) >= 11 is 3.74. The Balaban J connectivity index is 4.06. The Bertz CT molecular complexity index is 119. The third-order valence-electron chi connectivity index (χ3n) is 0.478. The summed E-state index contributed by atoms with van der Waals surface area (Å²) in [4.78, 5) is 6.18. The van der Waals surface area contributed by atoms with Crippen molar-refractivity contribution in [1.82, 2.24) is 0 Å². The number of carbonyl (C=O) groups excluding carboxylic acids is 1. The lowest BCUT2D eigenvalue weighted by molar-refractivity contribution is -0.133. The van der Waals surface area contributed by atoms with Crippen LogP contribution in [0.3, 0.4) is 0 Å². The van der Waals surface area contributed by atoms with Crippen molar-refractivity contribution in [2.24, 2.45) is 0 Å². The third kappa shape index (κ3) is 3.20. The third-order valence-corrected chi connectivity index (χ3v) is 1.28. The summed E-state index contributed by atoms with van der Waals surface area (Å²) in [6.45, 7) is 0. The van der Waals surface area contributed by atoms with Crippen molar-refractivity contribution >= 4 is 37.6 Å². The highest BCUT2D eigenvalue weighted by Crippen LogP contribution is 2.26. The molecule has 0 saturated carbocycles. The molecule has 0 amide bonds. The molecule has 0 heterocycles. The summed E-state index contributed by atoms with van der Waals surface area (Å²) in [7, 11) is 0. The van der Waals surface area contributed by atoms with Crippen molar-refractivity contribution in [1.29, 1.82) is 0 Å². The second kappa shape index (κ2) is 3.01. The molecule has 0 aromatic heterocycles. The van der Waals surface area contributed by atoms with Crippen molar-refractivity contribution in [3.8, 4) is 0 Å². The van der Waals surface area contributed by atoms with Crippen LogP contribution < -0.4 is 0 Å². The Morgan fingerprint density at radius 1 is 1.56 bits per heavy atom. The molecule has 0 fully saturated rings. The van der Waals surface area contributed by atoms with E-state index in [0.717, 1.165) is 0 Å². The molecule has 1 atom stereocenters. The Morgan fingerprint density at radius 3 is 1.89 bits per heavy atom. The smallest absolute Gasteiger partial charge is 0.288 e. The first-order valence-corrected chi connectivity index (χ1v) is 3.45. The van der Waals surface area contributed by atoms with Crippen LogP contribution in [-0.2, 0) is 4.79 Å². The van der Waals surface area contributed by atoms with Crippen molar-refractivity contribution in [2.75, 3.05) is 0 Å². The summed E-state index contributed by atoms with van der Waals surface area (Å²) in [5.74, 6) is -1.83. The zero-order chi connectivity index (χ0) is 7.65. The van der Waals surface area contributed by atoms with E-state index in [2.05, 4.69) is 0 Å². The molecule has 0 radical (unpaired) electrons. The Morgan fingerprint density at radius 2 is 1.89 bits per heavy atom. The van der Waals surface area contributed by atoms with Gasteiger partial charge in [0.05, 0.1) is 0 Å². The molecular formula is C3HBr2F3O. The first-order valence-electron chi connectivity index (χ1n) is 1.75. The highest BCUT2D eigenvalue weighted by atomic mass is 79.9. The zero-order valence-corrected chi connectivity index (χ0v) is 7.05. The van der Waals surface area contributed by atoms with Crippen LogP contribution in [0.2, 0.25) is 0 Å². The van der Waals surface area contributed by atoms with Gasteiger partial charge in [0, 0.05) is 0 Å². The molecule has 1 unspecified atom stereocenters. The van der Waals surface area contributed by atoms with Gasteiger partial charge in [-0.25, -0.2) is 4.39 Å². The number of halogens is 5. The summed E-state index contributed by atoms with van der Waals surface area (Å²) in [6, 6.07) is 0. The van der Waals surface area contributed by atoms with Crippen molar-refractivity contribution < 1.29 is 18.0 Å². The average molecular weight is 270 g/mol. The van der Waals surface area contributed by atoms with E-state index in [-0.39, 0.29) is 0 Å². The first kappa shape index (κ1) is 9.42. The monoisotopic (exact) mass is 268 g/mol. The van der Waals surface area contributed by atoms with E-state index in [1.807, 2.05) is 15.9 Å². The molecule has 0 aliphatic carbocycles. The molecule has 0 aromatic carbocycles. The van der Waals surface area contributed by atoms with Crippen molar-refractivity contribution in [3.05, 3.63) is 0 Å². The topological polar surface area (TPSA) is 17.1 Å². The SMILES string of the molecule is O=C(C(F)Br)C(F)(F)Br. The standard InChI is InChI=1S/C3HBr2F3O/c4-2(6)1(9)3(5,7)8/h2H. The molecule has 1 nitrogen and oxygen atoms in total. The van der Waals surface area contributed by atoms with Crippen LogP contribution in [0.1, 0.15) is 0 Å². The average Bonchev–Trinajstić information content (AvgIpc) is 1.62. The van der Waals surface area contributed by atoms with Gasteiger partial charge in [0.15, 0.2) is 0 Å². The van der Waals surface area contributed by atoms with Crippen LogP contribution in [-0.4, -0.2) is 15.7 Å². The van der Waals surface area contributed by atoms with Gasteiger partial charge in [-0.15, -0.1) is 0 Å². The molecule has 54 valence electrons. The van der Waals surface area contributed by atoms with Gasteiger partial charge in [-0.05, 0) is 31.9 Å². The van der Waals surface area contributed by atoms with Gasteiger partial charge in [0.1, 0.15) is 0 Å². The number of hydrogen-bond acceptors (Lipinski definition) is 1. The van der Waals surface area contributed by atoms with E-state index in [0.29, 0.717) is 0 Å². The van der Waals surface area contributed by atoms with E-state index in [9.17, 15) is 18.0 Å². The zero-order valence-electron chi connectivity index (χ0n) is 3.88. The van der Waals surface area contributed by atoms with Crippen molar-refractivity contribution in [3.63, 3.8) is 0 Å². The minimum atomic E-state index is -3.77. The molecule has 9 heavy (non-hydrogen) atoms. The molecule has 0 rings (SSSR count). The number of rotatable bonds is 2. The number of hydrogen-bond donors (Lipinski definition) is 0. The number of ketones is 1. The maximum absolute atomic E-state index is 11.7. The van der Waals surface area contributed by atoms with Crippen LogP contribution >= 0.6 is 31.9 Å². The van der Waals surface area contributed by atoms with Gasteiger partial charge in [-0.3, -0.25) is 4.79 Å². The fourth-order valence-corrected chi connectivity index (χ4v) is 0.919. The molecule has 0 spiro atoms. The van der Waals surface area contributed by atoms with Gasteiger partial charge in [-0.1, -0.05) is 0 Å². The highest BCUT2D eigenvalue weighted by Gasteiger charge is 2.39. The maximum atomic E-state index is 11.7. The van der Waals surface area contributed by atoms with E-state index in [1.165, 1.54) is 0 Å². The van der Waals surface area contributed by atoms with E-state index in [4.69, 9.17) is 0 Å². The summed E-state index contributed by atoms with van der Waals surface area (Å²) in [5, 5.41) is -2.31. The first-order chi connectivity index (χ1) is 3.85. The van der Waals surface area contributed by atoms with E-state index < -0.39 is 15.7 Å². The predicted octanol–water partition coefficient (Wildman–Crippen LogP) is 2.23. The Labute approximate surface area is 65.9 Å². The minimum Gasteiger partial charge on any atom is -0.288 e. The number of Topliss-reactive ketones (excluding diaryl/α,β-unsaturated/α-hetero) is 1. The second-order valence-corrected chi connectivity index (χ2v) is 2.96. The van der Waals surface area contributed by atoms with E-state index >= 15 is 0 Å². The minimum absolute atomic E-state index is 1.69. The van der Waals surface area contributed by atoms with Crippen LogP contribution in [0.25, 0.3) is 0 Å². The van der Waals surface area contributed by atoms with Gasteiger partial charge in [0.25, 0.3) is 5.78 Å². The van der Waals surface area contributed by atoms with Crippen molar-refractivity contribution in [2.45, 2.75) is 9.91 Å². The van der Waals surface area contributed by atoms with E-state index in [1.54, 1.807) is 15.9 Å². The fraction of sp³-hybridized carbons (Fsp3) is 0.667. The lowest BCUT2D eigenvalue weighted by atomic mass is 10.5. The van der Waals surface area contributed by atoms with Crippen LogP contribution in [0.5, 0.6) is 0 Å². The molecule has 0 saturated heterocycles. The molecular weight excluding hydrogens is 269 g/mol. The molecule has 0 aliphatic heterocycles. The molecule has 0 N–H and O–H groups in total. The summed E-state index contributed by atoms with van der Waals surface area (Å²) < 4.78 is 35.0. The lowest BCUT2D eigenvalue weighted by Crippen LogP contribution is -2.26. The van der Waals surface area contributed by atoms with Gasteiger partial charge >= 0.3 is 4.83 Å². The van der Waals surface area contributed by atoms with Crippen LogP contribution in [0.15, 0.2) is 0 Å². The lowest BCUT2D eigenvalue weighted by Gasteiger charge is -2.04. The van der Waals surface area contributed by atoms with Gasteiger partial charge in [0.2, 0.25) is 5.08 Å². The van der Waals surface area contributed by atoms with Crippen LogP contribution in [0.4, 0.5) is 13.2 Å². The number of carbonyl (C=O) groups is 1. The molecule has 0 aromatic rings. The maximum Gasteiger partial charge on any atom is 0.362 e. The quantitative estimate of drug-likeness (QED) is 0.703.